The van der Waals surface area contributed by atoms with Crippen LogP contribution < -0.4 is 5.32 Å². The van der Waals surface area contributed by atoms with Gasteiger partial charge in [-0.05, 0) is 73.9 Å². The second kappa shape index (κ2) is 8.39. The number of likely N-dealkylation sites (tertiary alicyclic amines) is 1. The van der Waals surface area contributed by atoms with E-state index in [2.05, 4.69) is 38.8 Å². The summed E-state index contributed by atoms with van der Waals surface area (Å²) in [5.41, 5.74) is 3.96. The van der Waals surface area contributed by atoms with Gasteiger partial charge < -0.3 is 14.8 Å². The lowest BCUT2D eigenvalue weighted by Crippen LogP contribution is -2.30. The molecule has 2 aromatic rings. The summed E-state index contributed by atoms with van der Waals surface area (Å²) in [6.07, 6.45) is 1.08. The lowest BCUT2D eigenvalue weighted by atomic mass is 10.1. The van der Waals surface area contributed by atoms with Crippen molar-refractivity contribution in [3.63, 3.8) is 0 Å². The molecule has 0 aliphatic carbocycles. The quantitative estimate of drug-likeness (QED) is 0.803. The van der Waals surface area contributed by atoms with Gasteiger partial charge >= 0.3 is 0 Å². The number of aromatic nitrogens is 1. The number of hydrogen-bond acceptors (Lipinski definition) is 2. The minimum absolute atomic E-state index is 0. The van der Waals surface area contributed by atoms with E-state index in [1.807, 2.05) is 43.1 Å². The van der Waals surface area contributed by atoms with Crippen LogP contribution in [0.25, 0.3) is 5.69 Å². The average molecular weight is 427 g/mol. The van der Waals surface area contributed by atoms with Crippen molar-refractivity contribution in [2.24, 2.45) is 5.92 Å². The third-order valence-corrected chi connectivity index (χ3v) is 5.49. The van der Waals surface area contributed by atoms with Gasteiger partial charge in [0.05, 0.1) is 11.3 Å². The van der Waals surface area contributed by atoms with Crippen molar-refractivity contribution in [1.82, 2.24) is 14.8 Å². The number of nitrogens with zero attached hydrogens (tertiary/aromatic N) is 2. The van der Waals surface area contributed by atoms with E-state index in [0.29, 0.717) is 5.92 Å². The lowest BCUT2D eigenvalue weighted by molar-refractivity contribution is 0.0786. The third kappa shape index (κ3) is 3.94. The van der Waals surface area contributed by atoms with Crippen LogP contribution in [-0.2, 0) is 0 Å². The molecule has 1 unspecified atom stereocenters. The van der Waals surface area contributed by atoms with Crippen molar-refractivity contribution >= 4 is 34.2 Å². The maximum absolute atomic E-state index is 13.0. The fourth-order valence-electron chi connectivity index (χ4n) is 3.63. The van der Waals surface area contributed by atoms with E-state index >= 15 is 0 Å². The second-order valence-electron chi connectivity index (χ2n) is 6.54. The molecule has 4 nitrogen and oxygen atoms in total. The van der Waals surface area contributed by atoms with Gasteiger partial charge in [0.2, 0.25) is 0 Å². The zero-order chi connectivity index (χ0) is 17.3. The Morgan fingerprint density at radius 3 is 2.72 bits per heavy atom. The Morgan fingerprint density at radius 2 is 2.04 bits per heavy atom. The molecule has 1 saturated heterocycles. The van der Waals surface area contributed by atoms with Crippen molar-refractivity contribution in [3.05, 3.63) is 51.8 Å². The molecule has 1 aromatic heterocycles. The number of hydrogen-bond donors (Lipinski definition) is 1. The van der Waals surface area contributed by atoms with Crippen LogP contribution in [0.4, 0.5) is 0 Å². The number of nitrogens with one attached hydrogen (secondary N) is 1. The maximum atomic E-state index is 13.0. The van der Waals surface area contributed by atoms with E-state index < -0.39 is 0 Å². The summed E-state index contributed by atoms with van der Waals surface area (Å²) in [5.74, 6) is 0.714. The van der Waals surface area contributed by atoms with Crippen molar-refractivity contribution in [2.45, 2.75) is 20.3 Å². The van der Waals surface area contributed by atoms with Crippen LogP contribution in [0, 0.1) is 19.8 Å². The first-order valence-electron chi connectivity index (χ1n) is 8.40. The Balaban J connectivity index is 0.00000225. The van der Waals surface area contributed by atoms with E-state index in [0.717, 1.165) is 53.2 Å². The van der Waals surface area contributed by atoms with Crippen molar-refractivity contribution < 1.29 is 4.79 Å². The number of carbonyl (C=O) groups is 1. The number of benzene rings is 1. The van der Waals surface area contributed by atoms with E-state index in [1.165, 1.54) is 0 Å². The van der Waals surface area contributed by atoms with Gasteiger partial charge in [-0.15, -0.1) is 12.4 Å². The molecule has 3 rings (SSSR count). The molecule has 1 amide bonds. The van der Waals surface area contributed by atoms with Gasteiger partial charge in [-0.3, -0.25) is 4.79 Å². The van der Waals surface area contributed by atoms with Gasteiger partial charge in [0.1, 0.15) is 0 Å². The van der Waals surface area contributed by atoms with Crippen LogP contribution >= 0.6 is 28.3 Å². The molecule has 0 bridgehead atoms. The summed E-state index contributed by atoms with van der Waals surface area (Å²) in [6.45, 7) is 6.75. The smallest absolute Gasteiger partial charge is 0.255 e. The average Bonchev–Trinajstić information content (AvgIpc) is 3.13. The van der Waals surface area contributed by atoms with Gasteiger partial charge in [0, 0.05) is 29.0 Å². The van der Waals surface area contributed by atoms with E-state index in [9.17, 15) is 4.79 Å². The van der Waals surface area contributed by atoms with Crippen LogP contribution in [-0.4, -0.2) is 42.1 Å². The van der Waals surface area contributed by atoms with Crippen LogP contribution in [0.2, 0.25) is 0 Å². The minimum atomic E-state index is 0. The molecule has 1 aliphatic heterocycles. The van der Waals surface area contributed by atoms with E-state index in [-0.39, 0.29) is 18.3 Å². The second-order valence-corrected chi connectivity index (χ2v) is 7.39. The minimum Gasteiger partial charge on any atom is -0.338 e. The summed E-state index contributed by atoms with van der Waals surface area (Å²) in [6, 6.07) is 10.1. The summed E-state index contributed by atoms with van der Waals surface area (Å²) in [4.78, 5) is 15.0. The van der Waals surface area contributed by atoms with Gasteiger partial charge in [0.25, 0.3) is 5.91 Å². The first-order valence-corrected chi connectivity index (χ1v) is 9.20. The highest BCUT2D eigenvalue weighted by Crippen LogP contribution is 2.28. The predicted molar refractivity (Wildman–Crippen MR) is 108 cm³/mol. The van der Waals surface area contributed by atoms with Crippen molar-refractivity contribution in [2.75, 3.05) is 26.7 Å². The highest BCUT2D eigenvalue weighted by molar-refractivity contribution is 9.10. The zero-order valence-electron chi connectivity index (χ0n) is 14.9. The Labute approximate surface area is 164 Å². The SMILES string of the molecule is CNCC1CCN(C(=O)c2cc(C)n(-c3ccccc3Br)c2C)C1.Cl. The Bertz CT molecular complexity index is 759. The van der Waals surface area contributed by atoms with Gasteiger partial charge in [-0.25, -0.2) is 0 Å². The Morgan fingerprint density at radius 1 is 1.32 bits per heavy atom. The van der Waals surface area contributed by atoms with Gasteiger partial charge in [-0.2, -0.15) is 0 Å². The molecule has 136 valence electrons. The molecule has 1 fully saturated rings. The van der Waals surface area contributed by atoms with E-state index in [1.54, 1.807) is 0 Å². The molecule has 1 N–H and O–H groups in total. The van der Waals surface area contributed by atoms with Crippen LogP contribution in [0.15, 0.2) is 34.8 Å². The highest BCUT2D eigenvalue weighted by Gasteiger charge is 2.28. The maximum Gasteiger partial charge on any atom is 0.255 e. The molecular weight excluding hydrogens is 402 g/mol. The van der Waals surface area contributed by atoms with Gasteiger partial charge in [0.15, 0.2) is 0 Å². The predicted octanol–water partition coefficient (Wildman–Crippen LogP) is 3.96. The Hall–Kier alpha value is -1.30. The van der Waals surface area contributed by atoms with Crippen LogP contribution in [0.1, 0.15) is 28.2 Å². The van der Waals surface area contributed by atoms with Gasteiger partial charge in [-0.1, -0.05) is 12.1 Å². The molecule has 2 heterocycles. The summed E-state index contributed by atoms with van der Waals surface area (Å²) < 4.78 is 3.18. The third-order valence-electron chi connectivity index (χ3n) is 4.82. The molecule has 0 saturated carbocycles. The Kier molecular flexibility index (Phi) is 6.72. The first kappa shape index (κ1) is 20.0. The summed E-state index contributed by atoms with van der Waals surface area (Å²) in [5, 5.41) is 3.21. The standard InChI is InChI=1S/C19H24BrN3O.ClH/c1-13-10-16(19(24)22-9-8-15(12-22)11-21-3)14(2)23(13)18-7-5-4-6-17(18)20;/h4-7,10,15,21H,8-9,11-12H2,1-3H3;1H. The summed E-state index contributed by atoms with van der Waals surface area (Å²) in [7, 11) is 1.97. The largest absolute Gasteiger partial charge is 0.338 e. The highest BCUT2D eigenvalue weighted by atomic mass is 79.9. The van der Waals surface area contributed by atoms with Crippen molar-refractivity contribution in [1.29, 1.82) is 0 Å². The fraction of sp³-hybridized carbons (Fsp3) is 0.421. The molecule has 6 heteroatoms. The number of carbonyl (C=O) groups excluding carboxylic acids is 1. The monoisotopic (exact) mass is 425 g/mol. The summed E-state index contributed by atoms with van der Waals surface area (Å²) >= 11 is 3.62. The van der Waals surface area contributed by atoms with Crippen LogP contribution in [0.5, 0.6) is 0 Å². The first-order chi connectivity index (χ1) is 11.5. The normalized spacial score (nSPS) is 16.8. The number of aryl methyl sites for hydroxylation is 1. The topological polar surface area (TPSA) is 37.3 Å². The van der Waals surface area contributed by atoms with Crippen molar-refractivity contribution in [3.8, 4) is 5.69 Å². The molecule has 1 aliphatic rings. The lowest BCUT2D eigenvalue weighted by Gasteiger charge is -2.17. The molecule has 25 heavy (non-hydrogen) atoms. The number of halogens is 2. The number of para-hydroxylation sites is 1. The number of amides is 1. The molecule has 0 spiro atoms. The molecule has 1 atom stereocenters. The molecule has 0 radical (unpaired) electrons. The van der Waals surface area contributed by atoms with E-state index in [4.69, 9.17) is 0 Å². The van der Waals surface area contributed by atoms with Crippen LogP contribution in [0.3, 0.4) is 0 Å². The number of rotatable bonds is 4. The zero-order valence-corrected chi connectivity index (χ0v) is 17.3. The molecule has 1 aromatic carbocycles. The molecular formula is C19H25BrClN3O. The fourth-order valence-corrected chi connectivity index (χ4v) is 4.09.